The van der Waals surface area contributed by atoms with Gasteiger partial charge in [0.15, 0.2) is 5.52 Å². The molecule has 8 aromatic rings. The lowest BCUT2D eigenvalue weighted by molar-refractivity contribution is -0.135. The van der Waals surface area contributed by atoms with Crippen LogP contribution in [0.15, 0.2) is 114 Å². The van der Waals surface area contributed by atoms with Crippen LogP contribution < -0.4 is 16.2 Å². The molecular formula is C57H66N8O4S. The molecular weight excluding hydrogens is 893 g/mol. The number of rotatable bonds is 21. The molecule has 9 rings (SSSR count). The van der Waals surface area contributed by atoms with Crippen LogP contribution in [-0.4, -0.2) is 71.0 Å². The Morgan fingerprint density at radius 3 is 2.27 bits per heavy atom. The summed E-state index contributed by atoms with van der Waals surface area (Å²) >= 11 is 1.81. The highest BCUT2D eigenvalue weighted by Gasteiger charge is 2.35. The summed E-state index contributed by atoms with van der Waals surface area (Å²) in [6.45, 7) is 8.57. The number of hydrogen-bond acceptors (Lipinski definition) is 8. The fourth-order valence-corrected chi connectivity index (χ4v) is 11.0. The van der Waals surface area contributed by atoms with Gasteiger partial charge in [-0.15, -0.1) is 11.3 Å². The summed E-state index contributed by atoms with van der Waals surface area (Å²) in [5, 5.41) is 27.6. The number of aromatic nitrogens is 5. The minimum Gasteiger partial charge on any atom is -0.388 e. The molecule has 2 amide bonds. The fourth-order valence-electron chi connectivity index (χ4n) is 10.1. The third-order valence-corrected chi connectivity index (χ3v) is 15.2. The van der Waals surface area contributed by atoms with Crippen molar-refractivity contribution in [3.05, 3.63) is 141 Å². The van der Waals surface area contributed by atoms with Crippen molar-refractivity contribution < 1.29 is 14.7 Å². The molecule has 70 heavy (non-hydrogen) atoms. The van der Waals surface area contributed by atoms with E-state index in [0.29, 0.717) is 57.3 Å². The van der Waals surface area contributed by atoms with Gasteiger partial charge in [-0.3, -0.25) is 23.6 Å². The van der Waals surface area contributed by atoms with Crippen molar-refractivity contribution in [2.24, 2.45) is 7.05 Å². The molecule has 0 radical (unpaired) electrons. The Kier molecular flexibility index (Phi) is 15.4. The van der Waals surface area contributed by atoms with Crippen molar-refractivity contribution >= 4 is 56.0 Å². The van der Waals surface area contributed by atoms with Gasteiger partial charge in [-0.05, 0) is 110 Å². The minimum absolute atomic E-state index is 0.0598. The molecule has 0 aliphatic carbocycles. The highest BCUT2D eigenvalue weighted by Crippen LogP contribution is 2.35. The molecule has 364 valence electrons. The van der Waals surface area contributed by atoms with E-state index < -0.39 is 5.60 Å². The second-order valence-corrected chi connectivity index (χ2v) is 20.2. The van der Waals surface area contributed by atoms with E-state index in [-0.39, 0.29) is 29.4 Å². The number of aryl methyl sites for hydroxylation is 4. The Balaban J connectivity index is 0.663. The first-order valence-electron chi connectivity index (χ1n) is 25.2. The van der Waals surface area contributed by atoms with Crippen LogP contribution in [0.5, 0.6) is 0 Å². The molecule has 0 atom stereocenters. The molecule has 13 heteroatoms. The molecule has 0 saturated carbocycles. The Morgan fingerprint density at radius 1 is 0.771 bits per heavy atom. The first kappa shape index (κ1) is 48.6. The number of nitrogens with one attached hydrogen (secondary N) is 2. The molecule has 12 nitrogen and oxygen atoms in total. The largest absolute Gasteiger partial charge is 0.388 e. The van der Waals surface area contributed by atoms with Gasteiger partial charge in [-0.1, -0.05) is 98.5 Å². The number of likely N-dealkylation sites (tertiary alicyclic amines) is 1. The number of nitrogens with zero attached hydrogens (tertiary/aromatic N) is 6. The van der Waals surface area contributed by atoms with Crippen LogP contribution in [0.3, 0.4) is 0 Å². The summed E-state index contributed by atoms with van der Waals surface area (Å²) in [4.78, 5) is 47.1. The summed E-state index contributed by atoms with van der Waals surface area (Å²) < 4.78 is 5.54. The van der Waals surface area contributed by atoms with Crippen LogP contribution in [0, 0.1) is 6.92 Å². The first-order chi connectivity index (χ1) is 34.1. The van der Waals surface area contributed by atoms with Crippen LogP contribution in [0.2, 0.25) is 0 Å². The monoisotopic (exact) mass is 958 g/mol. The van der Waals surface area contributed by atoms with Crippen LogP contribution in [-0.2, 0) is 49.2 Å². The Hall–Kier alpha value is -6.41. The maximum atomic E-state index is 13.7. The highest BCUT2D eigenvalue weighted by molar-refractivity contribution is 7.13. The lowest BCUT2D eigenvalue weighted by Gasteiger charge is -2.38. The third-order valence-electron chi connectivity index (χ3n) is 14.1. The van der Waals surface area contributed by atoms with Crippen molar-refractivity contribution in [1.82, 2.24) is 39.4 Å². The minimum atomic E-state index is -1.13. The maximum absolute atomic E-state index is 13.7. The topological polar surface area (TPSA) is 139 Å². The van der Waals surface area contributed by atoms with E-state index in [4.69, 9.17) is 0 Å². The zero-order chi connectivity index (χ0) is 48.6. The zero-order valence-corrected chi connectivity index (χ0v) is 41.7. The van der Waals surface area contributed by atoms with Crippen molar-refractivity contribution in [3.8, 4) is 21.7 Å². The second-order valence-electron chi connectivity index (χ2n) is 19.3. The van der Waals surface area contributed by atoms with E-state index in [2.05, 4.69) is 87.0 Å². The number of amides is 2. The van der Waals surface area contributed by atoms with Gasteiger partial charge in [0.2, 0.25) is 11.8 Å². The number of unbranched alkanes of at least 4 members (excludes halogenated alkanes) is 5. The summed E-state index contributed by atoms with van der Waals surface area (Å²) in [5.41, 5.74) is 9.47. The van der Waals surface area contributed by atoms with Gasteiger partial charge in [0.05, 0.1) is 24.2 Å². The van der Waals surface area contributed by atoms with Crippen molar-refractivity contribution in [3.63, 3.8) is 0 Å². The van der Waals surface area contributed by atoms with Crippen LogP contribution >= 0.6 is 11.3 Å². The maximum Gasteiger partial charge on any atom is 0.281 e. The number of fused-ring (bicyclic) bond motifs is 4. The summed E-state index contributed by atoms with van der Waals surface area (Å²) in [5.74, 6) is 0.138. The number of carbonyl (C=O) groups is 2. The molecule has 1 aliphatic heterocycles. The van der Waals surface area contributed by atoms with E-state index in [1.165, 1.54) is 67.1 Å². The normalized spacial score (nSPS) is 13.7. The number of benzene rings is 4. The molecule has 4 aromatic heterocycles. The standard InChI is InChI=1S/C57H66N8O4S/c1-4-65-48-25-19-43(33-47(48)46-24-23-45(34-49(46)65)50-32-40(2)37-70-50)35-58-29-13-8-6-5-7-12-16-51(66)59-36-42-17-21-44(22-18-42)55-53-54(61-62(55)3)56(68)64(39-60-53)38-57(69)27-30-63(31-28-57)52(67)26-20-41-14-10-9-11-15-41/h9-11,14-15,17-19,21-25,32-34,37,39,58,69H,4-8,12-13,16,20,26-31,35-36,38H2,1-3H3,(H,59,66). The van der Waals surface area contributed by atoms with E-state index >= 15 is 0 Å². The van der Waals surface area contributed by atoms with Gasteiger partial charge >= 0.3 is 0 Å². The third kappa shape index (κ3) is 11.3. The molecule has 0 spiro atoms. The van der Waals surface area contributed by atoms with Gasteiger partial charge < -0.3 is 25.2 Å². The summed E-state index contributed by atoms with van der Waals surface area (Å²) in [7, 11) is 1.79. The Bertz CT molecular complexity index is 3140. The van der Waals surface area contributed by atoms with Gasteiger partial charge in [0, 0.05) is 84.9 Å². The molecule has 1 saturated heterocycles. The quantitative estimate of drug-likeness (QED) is 0.0610. The van der Waals surface area contributed by atoms with E-state index in [9.17, 15) is 19.5 Å². The molecule has 1 aliphatic rings. The Labute approximate surface area is 414 Å². The fraction of sp³-hybridized carbons (Fsp3) is 0.386. The predicted molar refractivity (Wildman–Crippen MR) is 283 cm³/mol. The number of thiophene rings is 1. The predicted octanol–water partition coefficient (Wildman–Crippen LogP) is 10.1. The molecule has 0 bridgehead atoms. The lowest BCUT2D eigenvalue weighted by atomic mass is 9.91. The van der Waals surface area contributed by atoms with Gasteiger partial charge in [-0.25, -0.2) is 4.98 Å². The number of aliphatic hydroxyl groups is 1. The second kappa shape index (κ2) is 22.1. The van der Waals surface area contributed by atoms with Gasteiger partial charge in [0.25, 0.3) is 5.56 Å². The van der Waals surface area contributed by atoms with Gasteiger partial charge in [-0.2, -0.15) is 5.10 Å². The van der Waals surface area contributed by atoms with Crippen molar-refractivity contribution in [2.45, 2.75) is 116 Å². The number of piperidine rings is 1. The summed E-state index contributed by atoms with van der Waals surface area (Å²) in [6.07, 6.45) is 10.4. The van der Waals surface area contributed by atoms with E-state index in [1.54, 1.807) is 11.7 Å². The Morgan fingerprint density at radius 2 is 1.51 bits per heavy atom. The van der Waals surface area contributed by atoms with Crippen molar-refractivity contribution in [1.29, 1.82) is 0 Å². The molecule has 4 aromatic carbocycles. The molecule has 1 fully saturated rings. The average molecular weight is 959 g/mol. The van der Waals surface area contributed by atoms with E-state index in [1.807, 2.05) is 70.8 Å². The number of hydrogen-bond donors (Lipinski definition) is 3. The molecule has 5 heterocycles. The van der Waals surface area contributed by atoms with Crippen molar-refractivity contribution in [2.75, 3.05) is 19.6 Å². The average Bonchev–Trinajstić information content (AvgIpc) is 4.06. The van der Waals surface area contributed by atoms with Crippen LogP contribution in [0.4, 0.5) is 0 Å². The molecule has 3 N–H and O–H groups in total. The SMILES string of the molecule is CCn1c2ccc(CNCCCCCCCCC(=O)NCc3ccc(-c4c5ncn(CC6(O)CCN(C(=O)CCc7ccccc7)CC6)c(=O)c5nn4C)cc3)cc2c2ccc(-c3cc(C)cs3)cc21. The smallest absolute Gasteiger partial charge is 0.281 e. The van der Waals surface area contributed by atoms with Crippen LogP contribution in [0.25, 0.3) is 54.5 Å². The first-order valence-corrected chi connectivity index (χ1v) is 26.1. The highest BCUT2D eigenvalue weighted by atomic mass is 32.1. The van der Waals surface area contributed by atoms with Gasteiger partial charge in [0.1, 0.15) is 5.52 Å². The van der Waals surface area contributed by atoms with E-state index in [0.717, 1.165) is 67.7 Å². The lowest BCUT2D eigenvalue weighted by Crippen LogP contribution is -2.49. The van der Waals surface area contributed by atoms with Crippen LogP contribution in [0.1, 0.15) is 93.4 Å². The molecule has 0 unspecified atom stereocenters. The number of carbonyl (C=O) groups excluding carboxylic acids is 2. The summed E-state index contributed by atoms with van der Waals surface area (Å²) in [6, 6.07) is 34.0. The zero-order valence-electron chi connectivity index (χ0n) is 40.9.